The van der Waals surface area contributed by atoms with Crippen LogP contribution in [0.15, 0.2) is 53.0 Å². The number of carbonyl (C=O) groups is 3. The summed E-state index contributed by atoms with van der Waals surface area (Å²) in [7, 11) is 1.25. The molecule has 2 aromatic carbocycles. The van der Waals surface area contributed by atoms with E-state index in [9.17, 15) is 14.4 Å². The van der Waals surface area contributed by atoms with Crippen molar-refractivity contribution >= 4 is 34.0 Å². The second kappa shape index (κ2) is 12.2. The number of amides is 1. The van der Waals surface area contributed by atoms with Gasteiger partial charge in [0.05, 0.1) is 19.6 Å². The standard InChI is InChI=1S/C24H28BrNO7/c1-24(2,3)33-23(29)26-18(13-21(27)30-4)15-31-20-12-17(25)10-11-19(20)22(28)32-14-16-8-6-5-7-9-16/h5-12,18H,13-15H2,1-4H3,(H,26,29)/t18-/m0/s1. The molecular weight excluding hydrogens is 494 g/mol. The molecule has 1 N–H and O–H groups in total. The number of ether oxygens (including phenoxy) is 4. The largest absolute Gasteiger partial charge is 0.490 e. The predicted molar refractivity (Wildman–Crippen MR) is 125 cm³/mol. The molecule has 0 spiro atoms. The number of alkyl carbamates (subject to hydrolysis) is 1. The maximum absolute atomic E-state index is 12.7. The molecule has 0 aromatic heterocycles. The van der Waals surface area contributed by atoms with Crippen LogP contribution in [-0.2, 0) is 25.6 Å². The summed E-state index contributed by atoms with van der Waals surface area (Å²) in [5, 5.41) is 2.60. The highest BCUT2D eigenvalue weighted by molar-refractivity contribution is 9.10. The third-order valence-corrected chi connectivity index (χ3v) is 4.67. The number of carbonyl (C=O) groups excluding carboxylic acids is 3. The molecule has 0 unspecified atom stereocenters. The molecule has 0 aliphatic carbocycles. The zero-order valence-corrected chi connectivity index (χ0v) is 20.6. The molecule has 178 valence electrons. The van der Waals surface area contributed by atoms with E-state index in [2.05, 4.69) is 21.2 Å². The summed E-state index contributed by atoms with van der Waals surface area (Å²) < 4.78 is 21.9. The van der Waals surface area contributed by atoms with E-state index in [1.165, 1.54) is 7.11 Å². The molecular formula is C24H28BrNO7. The van der Waals surface area contributed by atoms with Crippen molar-refractivity contribution in [2.24, 2.45) is 0 Å². The Morgan fingerprint density at radius 1 is 1.06 bits per heavy atom. The van der Waals surface area contributed by atoms with Crippen LogP contribution in [0, 0.1) is 0 Å². The quantitative estimate of drug-likeness (QED) is 0.378. The van der Waals surface area contributed by atoms with Gasteiger partial charge in [0.1, 0.15) is 30.1 Å². The van der Waals surface area contributed by atoms with Gasteiger partial charge in [-0.25, -0.2) is 9.59 Å². The average Bonchev–Trinajstić information content (AvgIpc) is 2.75. The van der Waals surface area contributed by atoms with Crippen LogP contribution in [0.2, 0.25) is 0 Å². The minimum Gasteiger partial charge on any atom is -0.490 e. The SMILES string of the molecule is COC(=O)C[C@@H](COc1cc(Br)ccc1C(=O)OCc1ccccc1)NC(=O)OC(C)(C)C. The summed E-state index contributed by atoms with van der Waals surface area (Å²) in [5.74, 6) is -0.856. The van der Waals surface area contributed by atoms with Crippen LogP contribution < -0.4 is 10.1 Å². The van der Waals surface area contributed by atoms with E-state index in [0.717, 1.165) is 5.56 Å². The van der Waals surface area contributed by atoms with E-state index in [4.69, 9.17) is 18.9 Å². The van der Waals surface area contributed by atoms with Gasteiger partial charge in [0, 0.05) is 4.47 Å². The molecule has 1 atom stereocenters. The van der Waals surface area contributed by atoms with E-state index in [1.807, 2.05) is 30.3 Å². The Morgan fingerprint density at radius 2 is 1.76 bits per heavy atom. The van der Waals surface area contributed by atoms with Crippen LogP contribution >= 0.6 is 15.9 Å². The fourth-order valence-corrected chi connectivity index (χ4v) is 3.03. The summed E-state index contributed by atoms with van der Waals surface area (Å²) in [6, 6.07) is 13.4. The highest BCUT2D eigenvalue weighted by Crippen LogP contribution is 2.25. The predicted octanol–water partition coefficient (Wildman–Crippen LogP) is 4.64. The van der Waals surface area contributed by atoms with Gasteiger partial charge in [-0.3, -0.25) is 4.79 Å². The number of rotatable bonds is 9. The second-order valence-electron chi connectivity index (χ2n) is 8.14. The fourth-order valence-electron chi connectivity index (χ4n) is 2.69. The first-order chi connectivity index (χ1) is 15.6. The summed E-state index contributed by atoms with van der Waals surface area (Å²) in [4.78, 5) is 36.6. The topological polar surface area (TPSA) is 100 Å². The van der Waals surface area contributed by atoms with E-state index in [0.29, 0.717) is 4.47 Å². The Hall–Kier alpha value is -3.07. The second-order valence-corrected chi connectivity index (χ2v) is 9.05. The van der Waals surface area contributed by atoms with Crippen molar-refractivity contribution in [3.63, 3.8) is 0 Å². The smallest absolute Gasteiger partial charge is 0.408 e. The van der Waals surface area contributed by atoms with Gasteiger partial charge in [-0.2, -0.15) is 0 Å². The van der Waals surface area contributed by atoms with Crippen LogP contribution in [-0.4, -0.2) is 43.4 Å². The van der Waals surface area contributed by atoms with Crippen LogP contribution in [0.25, 0.3) is 0 Å². The molecule has 0 fully saturated rings. The van der Waals surface area contributed by atoms with E-state index in [-0.39, 0.29) is 30.9 Å². The maximum Gasteiger partial charge on any atom is 0.408 e. The van der Waals surface area contributed by atoms with Crippen LogP contribution in [0.1, 0.15) is 43.1 Å². The first-order valence-corrected chi connectivity index (χ1v) is 11.1. The third-order valence-electron chi connectivity index (χ3n) is 4.18. The minimum atomic E-state index is -0.750. The summed E-state index contributed by atoms with van der Waals surface area (Å²) in [6.07, 6.45) is -0.839. The lowest BCUT2D eigenvalue weighted by Gasteiger charge is -2.23. The monoisotopic (exact) mass is 521 g/mol. The Balaban J connectivity index is 2.10. The summed E-state index contributed by atoms with van der Waals surface area (Å²) >= 11 is 3.36. The number of nitrogens with one attached hydrogen (secondary N) is 1. The first kappa shape index (κ1) is 26.2. The lowest BCUT2D eigenvalue weighted by Crippen LogP contribution is -2.43. The molecule has 0 aliphatic heterocycles. The number of benzene rings is 2. The molecule has 2 aromatic rings. The normalized spacial score (nSPS) is 11.8. The molecule has 0 aliphatic rings. The highest BCUT2D eigenvalue weighted by Gasteiger charge is 2.23. The van der Waals surface area contributed by atoms with Crippen molar-refractivity contribution < 1.29 is 33.3 Å². The zero-order chi connectivity index (χ0) is 24.4. The van der Waals surface area contributed by atoms with Gasteiger partial charge in [0.25, 0.3) is 0 Å². The van der Waals surface area contributed by atoms with Gasteiger partial charge in [-0.05, 0) is 44.5 Å². The van der Waals surface area contributed by atoms with Gasteiger partial charge in [0.15, 0.2) is 0 Å². The minimum absolute atomic E-state index is 0.107. The van der Waals surface area contributed by atoms with Crippen molar-refractivity contribution in [1.29, 1.82) is 0 Å². The van der Waals surface area contributed by atoms with E-state index >= 15 is 0 Å². The summed E-state index contributed by atoms with van der Waals surface area (Å²) in [6.45, 7) is 5.19. The van der Waals surface area contributed by atoms with Crippen molar-refractivity contribution in [3.05, 3.63) is 64.1 Å². The van der Waals surface area contributed by atoms with E-state index < -0.39 is 29.7 Å². The maximum atomic E-state index is 12.7. The van der Waals surface area contributed by atoms with Gasteiger partial charge in [-0.1, -0.05) is 46.3 Å². The molecule has 8 nitrogen and oxygen atoms in total. The number of methoxy groups -OCH3 is 1. The highest BCUT2D eigenvalue weighted by atomic mass is 79.9. The van der Waals surface area contributed by atoms with Gasteiger partial charge in [-0.15, -0.1) is 0 Å². The van der Waals surface area contributed by atoms with Crippen molar-refractivity contribution in [2.45, 2.75) is 45.4 Å². The van der Waals surface area contributed by atoms with Crippen molar-refractivity contribution in [2.75, 3.05) is 13.7 Å². The van der Waals surface area contributed by atoms with Crippen LogP contribution in [0.4, 0.5) is 4.79 Å². The molecule has 0 saturated carbocycles. The number of hydrogen-bond donors (Lipinski definition) is 1. The van der Waals surface area contributed by atoms with Crippen LogP contribution in [0.5, 0.6) is 5.75 Å². The Kier molecular flexibility index (Phi) is 9.72. The van der Waals surface area contributed by atoms with Crippen molar-refractivity contribution in [3.8, 4) is 5.75 Å². The van der Waals surface area contributed by atoms with E-state index in [1.54, 1.807) is 39.0 Å². The zero-order valence-electron chi connectivity index (χ0n) is 19.1. The molecule has 33 heavy (non-hydrogen) atoms. The lowest BCUT2D eigenvalue weighted by molar-refractivity contribution is -0.141. The van der Waals surface area contributed by atoms with Gasteiger partial charge in [0.2, 0.25) is 0 Å². The average molecular weight is 522 g/mol. The number of hydrogen-bond acceptors (Lipinski definition) is 7. The third kappa shape index (κ3) is 9.53. The van der Waals surface area contributed by atoms with Crippen LogP contribution in [0.3, 0.4) is 0 Å². The Bertz CT molecular complexity index is 957. The molecule has 9 heteroatoms. The molecule has 0 bridgehead atoms. The molecule has 0 saturated heterocycles. The first-order valence-electron chi connectivity index (χ1n) is 10.3. The lowest BCUT2D eigenvalue weighted by atomic mass is 10.2. The van der Waals surface area contributed by atoms with Crippen molar-refractivity contribution in [1.82, 2.24) is 5.32 Å². The Morgan fingerprint density at radius 3 is 2.39 bits per heavy atom. The molecule has 0 heterocycles. The molecule has 2 rings (SSSR count). The molecule has 0 radical (unpaired) electrons. The number of esters is 2. The fraction of sp³-hybridized carbons (Fsp3) is 0.375. The Labute approximate surface area is 201 Å². The summed E-state index contributed by atoms with van der Waals surface area (Å²) in [5.41, 5.74) is 0.356. The van der Waals surface area contributed by atoms with Gasteiger partial charge >= 0.3 is 18.0 Å². The number of halogens is 1. The van der Waals surface area contributed by atoms with Gasteiger partial charge < -0.3 is 24.3 Å². The molecule has 1 amide bonds.